The zero-order valence-corrected chi connectivity index (χ0v) is 9.99. The van der Waals surface area contributed by atoms with Crippen molar-refractivity contribution in [3.63, 3.8) is 0 Å². The predicted molar refractivity (Wildman–Crippen MR) is 60.0 cm³/mol. The molecular formula is C12H19N3O. The van der Waals surface area contributed by atoms with Crippen molar-refractivity contribution in [1.82, 2.24) is 15.5 Å². The van der Waals surface area contributed by atoms with Gasteiger partial charge >= 0.3 is 0 Å². The van der Waals surface area contributed by atoms with Crippen molar-refractivity contribution in [3.8, 4) is 0 Å². The van der Waals surface area contributed by atoms with Gasteiger partial charge in [0, 0.05) is 5.41 Å². The van der Waals surface area contributed by atoms with Crippen LogP contribution in [-0.4, -0.2) is 16.7 Å². The third-order valence-electron chi connectivity index (χ3n) is 3.95. The average Bonchev–Trinajstić information content (AvgIpc) is 2.83. The molecular weight excluding hydrogens is 202 g/mol. The molecule has 2 unspecified atom stereocenters. The van der Waals surface area contributed by atoms with E-state index in [1.807, 2.05) is 0 Å². The van der Waals surface area contributed by atoms with Crippen LogP contribution in [0.3, 0.4) is 0 Å². The summed E-state index contributed by atoms with van der Waals surface area (Å²) >= 11 is 0. The van der Waals surface area contributed by atoms with Crippen LogP contribution in [0, 0.1) is 5.92 Å². The van der Waals surface area contributed by atoms with E-state index in [0.29, 0.717) is 0 Å². The summed E-state index contributed by atoms with van der Waals surface area (Å²) in [5, 5.41) is 7.58. The van der Waals surface area contributed by atoms with E-state index in [1.54, 1.807) is 0 Å². The lowest BCUT2D eigenvalue weighted by Gasteiger charge is -2.25. The monoisotopic (exact) mass is 221 g/mol. The van der Waals surface area contributed by atoms with Gasteiger partial charge in [-0.15, -0.1) is 0 Å². The van der Waals surface area contributed by atoms with Gasteiger partial charge in [-0.05, 0) is 38.1 Å². The molecule has 1 saturated carbocycles. The average molecular weight is 221 g/mol. The minimum absolute atomic E-state index is 0.210. The Morgan fingerprint density at radius 1 is 1.44 bits per heavy atom. The van der Waals surface area contributed by atoms with Gasteiger partial charge in [0.2, 0.25) is 5.89 Å². The molecule has 88 valence electrons. The molecule has 1 saturated heterocycles. The first-order chi connectivity index (χ1) is 7.67. The lowest BCUT2D eigenvalue weighted by atomic mass is 9.94. The highest BCUT2D eigenvalue weighted by molar-refractivity contribution is 5.15. The van der Waals surface area contributed by atoms with Gasteiger partial charge in [0.25, 0.3) is 0 Å². The van der Waals surface area contributed by atoms with E-state index in [9.17, 15) is 0 Å². The summed E-state index contributed by atoms with van der Waals surface area (Å²) in [7, 11) is 0. The summed E-state index contributed by atoms with van der Waals surface area (Å²) in [6.45, 7) is 5.55. The summed E-state index contributed by atoms with van der Waals surface area (Å²) in [5.74, 6) is 2.44. The van der Waals surface area contributed by atoms with Gasteiger partial charge in [0.15, 0.2) is 5.82 Å². The Kier molecular flexibility index (Phi) is 2.28. The normalized spacial score (nSPS) is 32.6. The second-order valence-corrected chi connectivity index (χ2v) is 5.65. The summed E-state index contributed by atoms with van der Waals surface area (Å²) in [5.41, 5.74) is 0.210. The molecule has 2 atom stereocenters. The zero-order valence-electron chi connectivity index (χ0n) is 9.99. The first-order valence-electron chi connectivity index (χ1n) is 6.25. The first kappa shape index (κ1) is 10.3. The van der Waals surface area contributed by atoms with E-state index < -0.39 is 0 Å². The van der Waals surface area contributed by atoms with Crippen LogP contribution in [0.15, 0.2) is 4.52 Å². The summed E-state index contributed by atoms with van der Waals surface area (Å²) in [4.78, 5) is 4.56. The van der Waals surface area contributed by atoms with Crippen molar-refractivity contribution in [2.45, 2.75) is 51.0 Å². The number of nitrogens with zero attached hydrogens (tertiary/aromatic N) is 2. The van der Waals surface area contributed by atoms with E-state index >= 15 is 0 Å². The van der Waals surface area contributed by atoms with E-state index in [1.165, 1.54) is 19.3 Å². The standard InChI is InChI=1S/C12H19N3O/c1-8-3-6-13-9(7-8)10-14-11(15-16-10)12(2)4-5-12/h8-9,13H,3-7H2,1-2H3. The topological polar surface area (TPSA) is 51.0 Å². The number of piperidine rings is 1. The second kappa shape index (κ2) is 3.55. The van der Waals surface area contributed by atoms with Crippen LogP contribution >= 0.6 is 0 Å². The van der Waals surface area contributed by atoms with Crippen LogP contribution in [0.5, 0.6) is 0 Å². The molecule has 2 heterocycles. The fraction of sp³-hybridized carbons (Fsp3) is 0.833. The molecule has 0 radical (unpaired) electrons. The van der Waals surface area contributed by atoms with E-state index in [0.717, 1.165) is 30.6 Å². The molecule has 1 aromatic heterocycles. The summed E-state index contributed by atoms with van der Waals surface area (Å²) < 4.78 is 5.40. The first-order valence-corrected chi connectivity index (χ1v) is 6.25. The summed E-state index contributed by atoms with van der Waals surface area (Å²) in [6, 6.07) is 0.271. The molecule has 1 N–H and O–H groups in total. The maximum absolute atomic E-state index is 5.40. The lowest BCUT2D eigenvalue weighted by molar-refractivity contribution is 0.259. The van der Waals surface area contributed by atoms with E-state index in [4.69, 9.17) is 4.52 Å². The minimum atomic E-state index is 0.210. The van der Waals surface area contributed by atoms with Crippen molar-refractivity contribution in [1.29, 1.82) is 0 Å². The molecule has 0 spiro atoms. The molecule has 4 heteroatoms. The SMILES string of the molecule is CC1CCNC(c2nc(C3(C)CC3)no2)C1. The van der Waals surface area contributed by atoms with Crippen LogP contribution < -0.4 is 5.32 Å². The maximum Gasteiger partial charge on any atom is 0.243 e. The Morgan fingerprint density at radius 2 is 2.25 bits per heavy atom. The van der Waals surface area contributed by atoms with Gasteiger partial charge in [-0.3, -0.25) is 0 Å². The van der Waals surface area contributed by atoms with E-state index in [2.05, 4.69) is 29.3 Å². The highest BCUT2D eigenvalue weighted by atomic mass is 16.5. The second-order valence-electron chi connectivity index (χ2n) is 5.65. The molecule has 0 bridgehead atoms. The fourth-order valence-corrected chi connectivity index (χ4v) is 2.33. The van der Waals surface area contributed by atoms with E-state index in [-0.39, 0.29) is 11.5 Å². The highest BCUT2D eigenvalue weighted by Gasteiger charge is 2.44. The third kappa shape index (κ3) is 1.75. The van der Waals surface area contributed by atoms with Crippen LogP contribution in [0.1, 0.15) is 57.3 Å². The molecule has 1 aromatic rings. The Morgan fingerprint density at radius 3 is 2.94 bits per heavy atom. The molecule has 16 heavy (non-hydrogen) atoms. The van der Waals surface area contributed by atoms with Gasteiger partial charge in [0.05, 0.1) is 6.04 Å². The van der Waals surface area contributed by atoms with Crippen LogP contribution in [0.4, 0.5) is 0 Å². The van der Waals surface area contributed by atoms with Crippen molar-refractivity contribution >= 4 is 0 Å². The maximum atomic E-state index is 5.40. The third-order valence-corrected chi connectivity index (χ3v) is 3.95. The Bertz CT molecular complexity index is 383. The van der Waals surface area contributed by atoms with Crippen molar-refractivity contribution in [2.24, 2.45) is 5.92 Å². The molecule has 0 amide bonds. The number of aromatic nitrogens is 2. The van der Waals surface area contributed by atoms with Gasteiger partial charge in [-0.2, -0.15) is 4.98 Å². The molecule has 0 aromatic carbocycles. The van der Waals surface area contributed by atoms with Crippen molar-refractivity contribution in [3.05, 3.63) is 11.7 Å². The van der Waals surface area contributed by atoms with Crippen LogP contribution in [0.25, 0.3) is 0 Å². The van der Waals surface area contributed by atoms with Gasteiger partial charge in [-0.25, -0.2) is 0 Å². The Labute approximate surface area is 95.8 Å². The molecule has 2 aliphatic rings. The molecule has 3 rings (SSSR count). The number of nitrogens with one attached hydrogen (secondary N) is 1. The predicted octanol–water partition coefficient (Wildman–Crippen LogP) is 2.18. The Hall–Kier alpha value is -0.900. The van der Waals surface area contributed by atoms with Gasteiger partial charge < -0.3 is 9.84 Å². The fourth-order valence-electron chi connectivity index (χ4n) is 2.33. The lowest BCUT2D eigenvalue weighted by Crippen LogP contribution is -2.31. The van der Waals surface area contributed by atoms with Crippen molar-refractivity contribution in [2.75, 3.05) is 6.54 Å². The smallest absolute Gasteiger partial charge is 0.243 e. The number of hydrogen-bond acceptors (Lipinski definition) is 4. The van der Waals surface area contributed by atoms with Gasteiger partial charge in [-0.1, -0.05) is 19.0 Å². The summed E-state index contributed by atoms with van der Waals surface area (Å²) in [6.07, 6.45) is 4.74. The van der Waals surface area contributed by atoms with Crippen LogP contribution in [-0.2, 0) is 5.41 Å². The van der Waals surface area contributed by atoms with Gasteiger partial charge in [0.1, 0.15) is 0 Å². The largest absolute Gasteiger partial charge is 0.338 e. The molecule has 1 aliphatic heterocycles. The molecule has 4 nitrogen and oxygen atoms in total. The van der Waals surface area contributed by atoms with Crippen LogP contribution in [0.2, 0.25) is 0 Å². The van der Waals surface area contributed by atoms with Crippen molar-refractivity contribution < 1.29 is 4.52 Å². The number of rotatable bonds is 2. The zero-order chi connectivity index (χ0) is 11.2. The minimum Gasteiger partial charge on any atom is -0.338 e. The number of hydrogen-bond donors (Lipinski definition) is 1. The molecule has 1 aliphatic carbocycles. The highest BCUT2D eigenvalue weighted by Crippen LogP contribution is 2.46. The quantitative estimate of drug-likeness (QED) is 0.831. The Balaban J connectivity index is 1.76. The molecule has 2 fully saturated rings.